The number of nitrogens with zero attached hydrogens (tertiary/aromatic N) is 1. The third kappa shape index (κ3) is 4.20. The number of benzene rings is 1. The molecule has 0 spiro atoms. The summed E-state index contributed by atoms with van der Waals surface area (Å²) in [5.74, 6) is -0.213. The minimum atomic E-state index is -0.272. The zero-order valence-corrected chi connectivity index (χ0v) is 11.1. The number of anilines is 1. The number of carbonyl (C=O) groups is 2. The minimum absolute atomic E-state index is 0.0595. The molecule has 0 amide bonds. The summed E-state index contributed by atoms with van der Waals surface area (Å²) in [5.41, 5.74) is 1.74. The summed E-state index contributed by atoms with van der Waals surface area (Å²) in [7, 11) is 5.25. The van der Waals surface area contributed by atoms with Crippen LogP contribution in [0.25, 0.3) is 0 Å². The predicted octanol–water partition coefficient (Wildman–Crippen LogP) is 2.28. The van der Waals surface area contributed by atoms with Gasteiger partial charge in [-0.15, -0.1) is 0 Å². The van der Waals surface area contributed by atoms with E-state index in [9.17, 15) is 9.59 Å². The lowest BCUT2D eigenvalue weighted by Crippen LogP contribution is -2.09. The molecular weight excluding hydrogens is 230 g/mol. The zero-order valence-electron chi connectivity index (χ0n) is 11.1. The van der Waals surface area contributed by atoms with Crippen molar-refractivity contribution in [3.8, 4) is 0 Å². The Kier molecular flexibility index (Phi) is 5.36. The van der Waals surface area contributed by atoms with E-state index >= 15 is 0 Å². The molecule has 4 heteroatoms. The van der Waals surface area contributed by atoms with Gasteiger partial charge in [0, 0.05) is 38.2 Å². The smallest absolute Gasteiger partial charge is 0.305 e. The van der Waals surface area contributed by atoms with Gasteiger partial charge in [0.15, 0.2) is 5.78 Å². The van der Waals surface area contributed by atoms with Crippen molar-refractivity contribution in [2.24, 2.45) is 0 Å². The number of ketones is 1. The molecule has 0 bridgehead atoms. The number of carbonyl (C=O) groups excluding carboxylic acids is 2. The summed E-state index contributed by atoms with van der Waals surface area (Å²) in [6, 6.07) is 7.45. The molecule has 0 saturated carbocycles. The van der Waals surface area contributed by atoms with Gasteiger partial charge in [0.2, 0.25) is 0 Å². The van der Waals surface area contributed by atoms with Crippen LogP contribution in [-0.4, -0.2) is 33.0 Å². The molecule has 0 heterocycles. The van der Waals surface area contributed by atoms with Gasteiger partial charge in [0.05, 0.1) is 7.11 Å². The molecule has 0 fully saturated rings. The van der Waals surface area contributed by atoms with Crippen LogP contribution in [0.1, 0.15) is 29.6 Å². The SMILES string of the molecule is COC(=O)CCCC(=O)c1ccc(N(C)C)cc1. The molecule has 1 aromatic carbocycles. The first kappa shape index (κ1) is 14.2. The van der Waals surface area contributed by atoms with Crippen molar-refractivity contribution < 1.29 is 14.3 Å². The number of hydrogen-bond acceptors (Lipinski definition) is 4. The first-order valence-electron chi connectivity index (χ1n) is 5.92. The Labute approximate surface area is 108 Å². The molecule has 1 aromatic rings. The van der Waals surface area contributed by atoms with Crippen LogP contribution in [-0.2, 0) is 9.53 Å². The standard InChI is InChI=1S/C14H19NO3/c1-15(2)12-9-7-11(8-10-12)13(16)5-4-6-14(17)18-3/h7-10H,4-6H2,1-3H3. The maximum atomic E-state index is 11.8. The molecule has 0 unspecified atom stereocenters. The fraction of sp³-hybridized carbons (Fsp3) is 0.429. The topological polar surface area (TPSA) is 46.6 Å². The van der Waals surface area contributed by atoms with Crippen molar-refractivity contribution in [3.63, 3.8) is 0 Å². The lowest BCUT2D eigenvalue weighted by molar-refractivity contribution is -0.140. The average molecular weight is 249 g/mol. The summed E-state index contributed by atoms with van der Waals surface area (Å²) in [4.78, 5) is 24.7. The molecule has 0 aliphatic rings. The van der Waals surface area contributed by atoms with E-state index in [1.165, 1.54) is 7.11 Å². The van der Waals surface area contributed by atoms with E-state index < -0.39 is 0 Å². The van der Waals surface area contributed by atoms with Crippen LogP contribution in [0, 0.1) is 0 Å². The van der Waals surface area contributed by atoms with E-state index in [0.29, 0.717) is 18.4 Å². The summed E-state index contributed by atoms with van der Waals surface area (Å²) >= 11 is 0. The highest BCUT2D eigenvalue weighted by atomic mass is 16.5. The number of Topliss-reactive ketones (excluding diaryl/α,β-unsaturated/α-hetero) is 1. The maximum Gasteiger partial charge on any atom is 0.305 e. The van der Waals surface area contributed by atoms with E-state index in [1.54, 1.807) is 0 Å². The van der Waals surface area contributed by atoms with Gasteiger partial charge in [-0.3, -0.25) is 9.59 Å². The fourth-order valence-electron chi connectivity index (χ4n) is 1.59. The Morgan fingerprint density at radius 3 is 2.22 bits per heavy atom. The Hall–Kier alpha value is -1.84. The molecule has 0 saturated heterocycles. The monoisotopic (exact) mass is 249 g/mol. The van der Waals surface area contributed by atoms with Crippen molar-refractivity contribution in [1.82, 2.24) is 0 Å². The van der Waals surface area contributed by atoms with Crippen molar-refractivity contribution in [2.45, 2.75) is 19.3 Å². The van der Waals surface area contributed by atoms with Gasteiger partial charge in [-0.2, -0.15) is 0 Å². The van der Waals surface area contributed by atoms with E-state index in [-0.39, 0.29) is 18.2 Å². The highest BCUT2D eigenvalue weighted by Gasteiger charge is 2.08. The zero-order chi connectivity index (χ0) is 13.5. The van der Waals surface area contributed by atoms with Crippen molar-refractivity contribution in [2.75, 3.05) is 26.1 Å². The molecule has 0 aliphatic carbocycles. The summed E-state index contributed by atoms with van der Waals surface area (Å²) in [6.45, 7) is 0. The number of hydrogen-bond donors (Lipinski definition) is 0. The van der Waals surface area contributed by atoms with Gasteiger partial charge in [-0.25, -0.2) is 0 Å². The highest BCUT2D eigenvalue weighted by Crippen LogP contribution is 2.14. The Balaban J connectivity index is 2.49. The van der Waals surface area contributed by atoms with Crippen LogP contribution in [0.4, 0.5) is 5.69 Å². The Bertz CT molecular complexity index is 410. The molecule has 0 radical (unpaired) electrons. The normalized spacial score (nSPS) is 9.94. The van der Waals surface area contributed by atoms with Crippen molar-refractivity contribution in [1.29, 1.82) is 0 Å². The average Bonchev–Trinajstić information content (AvgIpc) is 2.38. The summed E-state index contributed by atoms with van der Waals surface area (Å²) < 4.78 is 4.52. The maximum absolute atomic E-state index is 11.8. The molecule has 98 valence electrons. The molecule has 0 aromatic heterocycles. The molecular formula is C14H19NO3. The van der Waals surface area contributed by atoms with E-state index in [0.717, 1.165) is 5.69 Å². The van der Waals surface area contributed by atoms with E-state index in [1.807, 2.05) is 43.3 Å². The third-order valence-electron chi connectivity index (χ3n) is 2.72. The molecule has 1 rings (SSSR count). The minimum Gasteiger partial charge on any atom is -0.469 e. The summed E-state index contributed by atoms with van der Waals surface area (Å²) in [6.07, 6.45) is 1.19. The first-order valence-corrected chi connectivity index (χ1v) is 5.92. The van der Waals surface area contributed by atoms with E-state index in [4.69, 9.17) is 0 Å². The lowest BCUT2D eigenvalue weighted by atomic mass is 10.1. The number of ether oxygens (including phenoxy) is 1. The molecule has 0 N–H and O–H groups in total. The predicted molar refractivity (Wildman–Crippen MR) is 71.0 cm³/mol. The van der Waals surface area contributed by atoms with Crippen molar-refractivity contribution in [3.05, 3.63) is 29.8 Å². The molecule has 0 aliphatic heterocycles. The van der Waals surface area contributed by atoms with Gasteiger partial charge in [-0.1, -0.05) is 0 Å². The number of methoxy groups -OCH3 is 1. The van der Waals surface area contributed by atoms with Gasteiger partial charge in [0.25, 0.3) is 0 Å². The Morgan fingerprint density at radius 2 is 1.72 bits per heavy atom. The van der Waals surface area contributed by atoms with Crippen LogP contribution < -0.4 is 4.90 Å². The molecule has 18 heavy (non-hydrogen) atoms. The van der Waals surface area contributed by atoms with Crippen LogP contribution in [0.15, 0.2) is 24.3 Å². The van der Waals surface area contributed by atoms with Crippen LogP contribution in [0.3, 0.4) is 0 Å². The molecule has 4 nitrogen and oxygen atoms in total. The van der Waals surface area contributed by atoms with Crippen molar-refractivity contribution >= 4 is 17.4 Å². The second kappa shape index (κ2) is 6.79. The highest BCUT2D eigenvalue weighted by molar-refractivity contribution is 5.96. The van der Waals surface area contributed by atoms with Crippen LogP contribution >= 0.6 is 0 Å². The van der Waals surface area contributed by atoms with Gasteiger partial charge >= 0.3 is 5.97 Å². The fourth-order valence-corrected chi connectivity index (χ4v) is 1.59. The second-order valence-corrected chi connectivity index (χ2v) is 4.29. The van der Waals surface area contributed by atoms with Gasteiger partial charge in [-0.05, 0) is 30.7 Å². The number of rotatable bonds is 6. The second-order valence-electron chi connectivity index (χ2n) is 4.29. The van der Waals surface area contributed by atoms with Gasteiger partial charge < -0.3 is 9.64 Å². The lowest BCUT2D eigenvalue weighted by Gasteiger charge is -2.12. The van der Waals surface area contributed by atoms with E-state index in [2.05, 4.69) is 4.74 Å². The van der Waals surface area contributed by atoms with Gasteiger partial charge in [0.1, 0.15) is 0 Å². The quantitative estimate of drug-likeness (QED) is 0.573. The Morgan fingerprint density at radius 1 is 1.11 bits per heavy atom. The van der Waals surface area contributed by atoms with Crippen LogP contribution in [0.5, 0.6) is 0 Å². The summed E-state index contributed by atoms with van der Waals surface area (Å²) in [5, 5.41) is 0. The molecule has 0 atom stereocenters. The number of esters is 1. The first-order chi connectivity index (χ1) is 8.54. The van der Waals surface area contributed by atoms with Crippen LogP contribution in [0.2, 0.25) is 0 Å². The largest absolute Gasteiger partial charge is 0.469 e. The third-order valence-corrected chi connectivity index (χ3v) is 2.72.